The van der Waals surface area contributed by atoms with Gasteiger partial charge in [0.05, 0.1) is 11.1 Å². The smallest absolute Gasteiger partial charge is 0.340 e. The lowest BCUT2D eigenvalue weighted by Gasteiger charge is -2.27. The Labute approximate surface area is 192 Å². The summed E-state index contributed by atoms with van der Waals surface area (Å²) in [5, 5.41) is 4.15. The quantitative estimate of drug-likeness (QED) is 0.566. The van der Waals surface area contributed by atoms with Crippen molar-refractivity contribution in [3.8, 4) is 0 Å². The third-order valence-electron chi connectivity index (χ3n) is 5.88. The predicted octanol–water partition coefficient (Wildman–Crippen LogP) is 4.76. The Kier molecular flexibility index (Phi) is 6.44. The van der Waals surface area contributed by atoms with Gasteiger partial charge in [-0.05, 0) is 44.2 Å². The first-order valence-electron chi connectivity index (χ1n) is 10.7. The van der Waals surface area contributed by atoms with Crippen molar-refractivity contribution in [2.24, 2.45) is 0 Å². The minimum absolute atomic E-state index is 0.350. The first kappa shape index (κ1) is 22.2. The van der Waals surface area contributed by atoms with Gasteiger partial charge in [-0.25, -0.2) is 4.79 Å². The number of rotatable bonds is 5. The number of hydrogen-bond acceptors (Lipinski definition) is 5. The van der Waals surface area contributed by atoms with Crippen LogP contribution in [0, 0.1) is 6.92 Å². The fourth-order valence-electron chi connectivity index (χ4n) is 4.02. The Balaban J connectivity index is 1.64. The highest BCUT2D eigenvalue weighted by atomic mass is 35.5. The molecule has 0 radical (unpaired) electrons. The SMILES string of the molecule is CCC(OC(=O)c1c2c(nc3ccccc13)CCN(C)C2)C(=O)Nc1cccc(Cl)c1C. The van der Waals surface area contributed by atoms with Crippen LogP contribution in [0.4, 0.5) is 5.69 Å². The molecule has 3 aromatic rings. The molecule has 0 fully saturated rings. The second kappa shape index (κ2) is 9.27. The summed E-state index contributed by atoms with van der Waals surface area (Å²) in [7, 11) is 2.02. The average molecular weight is 452 g/mol. The van der Waals surface area contributed by atoms with E-state index in [1.807, 2.05) is 45.2 Å². The normalized spacial score (nSPS) is 14.6. The van der Waals surface area contributed by atoms with Gasteiger partial charge in [-0.15, -0.1) is 0 Å². The van der Waals surface area contributed by atoms with E-state index in [0.717, 1.165) is 40.7 Å². The lowest BCUT2D eigenvalue weighted by Crippen LogP contribution is -2.34. The van der Waals surface area contributed by atoms with Crippen LogP contribution >= 0.6 is 11.6 Å². The van der Waals surface area contributed by atoms with Crippen molar-refractivity contribution in [2.75, 3.05) is 18.9 Å². The van der Waals surface area contributed by atoms with E-state index in [2.05, 4.69) is 10.2 Å². The Bertz CT molecular complexity index is 1190. The maximum atomic E-state index is 13.4. The summed E-state index contributed by atoms with van der Waals surface area (Å²) < 4.78 is 5.77. The minimum atomic E-state index is -0.926. The lowest BCUT2D eigenvalue weighted by atomic mass is 9.96. The third-order valence-corrected chi connectivity index (χ3v) is 6.29. The van der Waals surface area contributed by atoms with E-state index in [9.17, 15) is 9.59 Å². The number of esters is 1. The number of fused-ring (bicyclic) bond motifs is 2. The first-order valence-corrected chi connectivity index (χ1v) is 11.1. The summed E-state index contributed by atoms with van der Waals surface area (Å²) in [5.41, 5.74) is 4.42. The van der Waals surface area contributed by atoms with E-state index in [1.54, 1.807) is 18.2 Å². The molecule has 1 N–H and O–H groups in total. The van der Waals surface area contributed by atoms with Gasteiger partial charge in [0.15, 0.2) is 6.10 Å². The van der Waals surface area contributed by atoms with Crippen LogP contribution in [-0.4, -0.2) is 41.5 Å². The molecule has 0 spiro atoms. The summed E-state index contributed by atoms with van der Waals surface area (Å²) in [5.74, 6) is -0.879. The van der Waals surface area contributed by atoms with Crippen LogP contribution in [0.1, 0.15) is 40.5 Å². The number of ether oxygens (including phenoxy) is 1. The average Bonchev–Trinajstić information content (AvgIpc) is 2.78. The van der Waals surface area contributed by atoms with E-state index < -0.39 is 12.1 Å². The number of para-hydroxylation sites is 1. The third kappa shape index (κ3) is 4.33. The van der Waals surface area contributed by atoms with E-state index in [0.29, 0.717) is 29.2 Å². The van der Waals surface area contributed by atoms with Crippen molar-refractivity contribution in [1.82, 2.24) is 9.88 Å². The zero-order valence-electron chi connectivity index (χ0n) is 18.4. The highest BCUT2D eigenvalue weighted by molar-refractivity contribution is 6.31. The molecule has 1 aromatic heterocycles. The molecule has 1 unspecified atom stereocenters. The fourth-order valence-corrected chi connectivity index (χ4v) is 4.20. The molecule has 166 valence electrons. The van der Waals surface area contributed by atoms with Crippen LogP contribution in [0.2, 0.25) is 5.02 Å². The molecule has 7 heteroatoms. The highest BCUT2D eigenvalue weighted by Crippen LogP contribution is 2.29. The molecule has 1 atom stereocenters. The van der Waals surface area contributed by atoms with Crippen molar-refractivity contribution >= 4 is 40.1 Å². The monoisotopic (exact) mass is 451 g/mol. The van der Waals surface area contributed by atoms with Gasteiger partial charge in [0.25, 0.3) is 5.91 Å². The number of amides is 1. The van der Waals surface area contributed by atoms with Gasteiger partial charge in [0, 0.05) is 46.9 Å². The molecule has 6 nitrogen and oxygen atoms in total. The minimum Gasteiger partial charge on any atom is -0.449 e. The zero-order chi connectivity index (χ0) is 22.8. The molecule has 0 aliphatic carbocycles. The number of aromatic nitrogens is 1. The molecule has 0 saturated carbocycles. The van der Waals surface area contributed by atoms with Gasteiger partial charge in [-0.2, -0.15) is 0 Å². The van der Waals surface area contributed by atoms with Crippen molar-refractivity contribution in [3.63, 3.8) is 0 Å². The fraction of sp³-hybridized carbons (Fsp3) is 0.320. The standard InChI is InChI=1S/C25H26ClN3O3/c1-4-22(24(30)28-19-11-7-9-18(26)15(19)2)32-25(31)23-16-8-5-6-10-20(16)27-21-12-13-29(3)14-17(21)23/h5-11,22H,4,12-14H2,1-3H3,(H,28,30). The molecule has 0 bridgehead atoms. The Morgan fingerprint density at radius 2 is 2.00 bits per heavy atom. The maximum Gasteiger partial charge on any atom is 0.340 e. The van der Waals surface area contributed by atoms with Crippen molar-refractivity contribution in [3.05, 3.63) is 69.9 Å². The largest absolute Gasteiger partial charge is 0.449 e. The number of pyridine rings is 1. The molecule has 4 rings (SSSR count). The molecule has 1 aliphatic rings. The lowest BCUT2D eigenvalue weighted by molar-refractivity contribution is -0.124. The van der Waals surface area contributed by atoms with Gasteiger partial charge in [0.1, 0.15) is 0 Å². The molecule has 1 aliphatic heterocycles. The molecular weight excluding hydrogens is 426 g/mol. The number of nitrogens with one attached hydrogen (secondary N) is 1. The topological polar surface area (TPSA) is 71.5 Å². The van der Waals surface area contributed by atoms with Crippen LogP contribution in [0.25, 0.3) is 10.9 Å². The summed E-state index contributed by atoms with van der Waals surface area (Å²) in [6.07, 6.45) is 0.190. The number of carbonyl (C=O) groups is 2. The number of carbonyl (C=O) groups excluding carboxylic acids is 2. The predicted molar refractivity (Wildman–Crippen MR) is 126 cm³/mol. The van der Waals surface area contributed by atoms with E-state index >= 15 is 0 Å². The molecular formula is C25H26ClN3O3. The van der Waals surface area contributed by atoms with Gasteiger partial charge in [0.2, 0.25) is 0 Å². The number of nitrogens with zero attached hydrogens (tertiary/aromatic N) is 2. The van der Waals surface area contributed by atoms with Gasteiger partial charge < -0.3 is 15.0 Å². The van der Waals surface area contributed by atoms with Gasteiger partial charge in [-0.1, -0.05) is 42.8 Å². The van der Waals surface area contributed by atoms with Crippen molar-refractivity contribution in [1.29, 1.82) is 0 Å². The second-order valence-corrected chi connectivity index (χ2v) is 8.53. The maximum absolute atomic E-state index is 13.4. The van der Waals surface area contributed by atoms with E-state index in [-0.39, 0.29) is 5.91 Å². The summed E-state index contributed by atoms with van der Waals surface area (Å²) in [6.45, 7) is 5.14. The second-order valence-electron chi connectivity index (χ2n) is 8.12. The zero-order valence-corrected chi connectivity index (χ0v) is 19.2. The first-order chi connectivity index (χ1) is 15.4. The van der Waals surface area contributed by atoms with Crippen molar-refractivity contribution < 1.29 is 14.3 Å². The molecule has 2 aromatic carbocycles. The van der Waals surface area contributed by atoms with Gasteiger partial charge >= 0.3 is 5.97 Å². The summed E-state index contributed by atoms with van der Waals surface area (Å²) in [6, 6.07) is 12.9. The van der Waals surface area contributed by atoms with Crippen LogP contribution in [0.3, 0.4) is 0 Å². The number of halogens is 1. The number of anilines is 1. The van der Waals surface area contributed by atoms with Crippen LogP contribution < -0.4 is 5.32 Å². The molecule has 32 heavy (non-hydrogen) atoms. The summed E-state index contributed by atoms with van der Waals surface area (Å²) in [4.78, 5) is 33.3. The number of benzene rings is 2. The van der Waals surface area contributed by atoms with E-state index in [4.69, 9.17) is 21.3 Å². The van der Waals surface area contributed by atoms with Crippen LogP contribution in [0.5, 0.6) is 0 Å². The number of likely N-dealkylation sites (N-methyl/N-ethyl adjacent to an activating group) is 1. The summed E-state index contributed by atoms with van der Waals surface area (Å²) >= 11 is 6.16. The Hall–Kier alpha value is -2.96. The molecule has 2 heterocycles. The van der Waals surface area contributed by atoms with Crippen LogP contribution in [0.15, 0.2) is 42.5 Å². The van der Waals surface area contributed by atoms with E-state index in [1.165, 1.54) is 0 Å². The van der Waals surface area contributed by atoms with Crippen LogP contribution in [-0.2, 0) is 22.5 Å². The molecule has 0 saturated heterocycles. The Morgan fingerprint density at radius 3 is 2.78 bits per heavy atom. The molecule has 1 amide bonds. The number of hydrogen-bond donors (Lipinski definition) is 1. The van der Waals surface area contributed by atoms with Gasteiger partial charge in [-0.3, -0.25) is 9.78 Å². The van der Waals surface area contributed by atoms with Crippen molar-refractivity contribution in [2.45, 2.75) is 39.3 Å². The Morgan fingerprint density at radius 1 is 1.22 bits per heavy atom. The highest BCUT2D eigenvalue weighted by Gasteiger charge is 2.29.